The second-order valence-electron chi connectivity index (χ2n) is 5.99. The average Bonchev–Trinajstić information content (AvgIpc) is 2.38. The standard InChI is InChI=1S/C16H21ClF3N/c1-11(9-12-3-2-4-14(17)10-12)21-15-7-5-13(6-8-15)16(18,19)20/h2-4,10-11,13,15,21H,5-9H2,1H3. The summed E-state index contributed by atoms with van der Waals surface area (Å²) in [5.74, 6) is -1.11. The molecule has 0 saturated heterocycles. The monoisotopic (exact) mass is 319 g/mol. The van der Waals surface area contributed by atoms with Gasteiger partial charge >= 0.3 is 6.18 Å². The molecule has 1 fully saturated rings. The van der Waals surface area contributed by atoms with Gasteiger partial charge < -0.3 is 5.32 Å². The van der Waals surface area contributed by atoms with Crippen molar-refractivity contribution < 1.29 is 13.2 Å². The lowest BCUT2D eigenvalue weighted by atomic mass is 9.85. The Morgan fingerprint density at radius 2 is 1.90 bits per heavy atom. The van der Waals surface area contributed by atoms with Crippen LogP contribution in [0.15, 0.2) is 24.3 Å². The Bertz CT molecular complexity index is 453. The van der Waals surface area contributed by atoms with Crippen LogP contribution < -0.4 is 5.32 Å². The van der Waals surface area contributed by atoms with E-state index in [-0.39, 0.29) is 24.9 Å². The van der Waals surface area contributed by atoms with Crippen LogP contribution in [0.4, 0.5) is 13.2 Å². The van der Waals surface area contributed by atoms with Crippen LogP contribution in [0.2, 0.25) is 5.02 Å². The van der Waals surface area contributed by atoms with Crippen LogP contribution in [0, 0.1) is 5.92 Å². The zero-order chi connectivity index (χ0) is 15.5. The van der Waals surface area contributed by atoms with Gasteiger partial charge in [0.1, 0.15) is 0 Å². The zero-order valence-electron chi connectivity index (χ0n) is 12.1. The molecule has 21 heavy (non-hydrogen) atoms. The maximum absolute atomic E-state index is 12.6. The summed E-state index contributed by atoms with van der Waals surface area (Å²) in [6.07, 6.45) is -1.51. The summed E-state index contributed by atoms with van der Waals surface area (Å²) in [6, 6.07) is 8.12. The van der Waals surface area contributed by atoms with Gasteiger partial charge in [-0.3, -0.25) is 0 Å². The molecule has 1 nitrogen and oxygen atoms in total. The van der Waals surface area contributed by atoms with Crippen LogP contribution in [0.3, 0.4) is 0 Å². The molecule has 1 aliphatic rings. The van der Waals surface area contributed by atoms with Crippen molar-refractivity contribution in [1.29, 1.82) is 0 Å². The maximum Gasteiger partial charge on any atom is 0.391 e. The smallest absolute Gasteiger partial charge is 0.311 e. The van der Waals surface area contributed by atoms with Crippen LogP contribution in [0.1, 0.15) is 38.2 Å². The van der Waals surface area contributed by atoms with E-state index in [4.69, 9.17) is 11.6 Å². The van der Waals surface area contributed by atoms with Gasteiger partial charge in [0.25, 0.3) is 0 Å². The van der Waals surface area contributed by atoms with E-state index in [9.17, 15) is 13.2 Å². The first-order chi connectivity index (χ1) is 9.84. The molecule has 1 saturated carbocycles. The Morgan fingerprint density at radius 3 is 2.48 bits per heavy atom. The van der Waals surface area contributed by atoms with Gasteiger partial charge in [-0.05, 0) is 56.7 Å². The Balaban J connectivity index is 1.78. The molecule has 2 rings (SSSR count). The van der Waals surface area contributed by atoms with Crippen molar-refractivity contribution in [2.45, 2.75) is 57.3 Å². The molecule has 0 bridgehead atoms. The number of hydrogen-bond donors (Lipinski definition) is 1. The fraction of sp³-hybridized carbons (Fsp3) is 0.625. The Morgan fingerprint density at radius 1 is 1.24 bits per heavy atom. The zero-order valence-corrected chi connectivity index (χ0v) is 12.8. The predicted octanol–water partition coefficient (Wildman–Crippen LogP) is 4.98. The lowest BCUT2D eigenvalue weighted by molar-refractivity contribution is -0.182. The van der Waals surface area contributed by atoms with Crippen LogP contribution in [-0.2, 0) is 6.42 Å². The van der Waals surface area contributed by atoms with Gasteiger partial charge in [0.2, 0.25) is 0 Å². The predicted molar refractivity (Wildman–Crippen MR) is 79.6 cm³/mol. The van der Waals surface area contributed by atoms with E-state index in [2.05, 4.69) is 12.2 Å². The molecular weight excluding hydrogens is 299 g/mol. The molecule has 5 heteroatoms. The number of hydrogen-bond acceptors (Lipinski definition) is 1. The minimum atomic E-state index is -4.03. The molecule has 1 aromatic carbocycles. The summed E-state index contributed by atoms with van der Waals surface area (Å²) >= 11 is 5.95. The molecule has 0 heterocycles. The molecule has 0 aliphatic heterocycles. The van der Waals surface area contributed by atoms with Crippen LogP contribution in [0.5, 0.6) is 0 Å². The minimum Gasteiger partial charge on any atom is -0.311 e. The second-order valence-corrected chi connectivity index (χ2v) is 6.43. The van der Waals surface area contributed by atoms with Gasteiger partial charge in [-0.1, -0.05) is 23.7 Å². The summed E-state index contributed by atoms with van der Waals surface area (Å²) < 4.78 is 37.9. The first kappa shape index (κ1) is 16.6. The van der Waals surface area contributed by atoms with Gasteiger partial charge in [-0.15, -0.1) is 0 Å². The molecule has 1 N–H and O–H groups in total. The van der Waals surface area contributed by atoms with E-state index in [0.717, 1.165) is 12.0 Å². The van der Waals surface area contributed by atoms with Gasteiger partial charge in [0.05, 0.1) is 5.92 Å². The van der Waals surface area contributed by atoms with Gasteiger partial charge in [-0.2, -0.15) is 13.2 Å². The number of benzene rings is 1. The van der Waals surface area contributed by atoms with E-state index < -0.39 is 12.1 Å². The van der Waals surface area contributed by atoms with Gasteiger partial charge in [0.15, 0.2) is 0 Å². The third kappa shape index (κ3) is 5.19. The minimum absolute atomic E-state index is 0.192. The first-order valence-corrected chi connectivity index (χ1v) is 7.79. The second kappa shape index (κ2) is 7.01. The summed E-state index contributed by atoms with van der Waals surface area (Å²) in [5.41, 5.74) is 1.14. The molecule has 0 spiro atoms. The number of halogens is 4. The molecular formula is C16H21ClF3N. The normalized spacial score (nSPS) is 24.8. The summed E-state index contributed by atoms with van der Waals surface area (Å²) in [6.45, 7) is 2.07. The fourth-order valence-electron chi connectivity index (χ4n) is 3.07. The highest BCUT2D eigenvalue weighted by molar-refractivity contribution is 6.30. The third-order valence-electron chi connectivity index (χ3n) is 4.14. The van der Waals surface area contributed by atoms with E-state index in [1.54, 1.807) is 0 Å². The average molecular weight is 320 g/mol. The van der Waals surface area contributed by atoms with E-state index in [1.807, 2.05) is 24.3 Å². The van der Waals surface area contributed by atoms with Crippen LogP contribution in [0.25, 0.3) is 0 Å². The summed E-state index contributed by atoms with van der Waals surface area (Å²) in [7, 11) is 0. The van der Waals surface area contributed by atoms with Crippen molar-refractivity contribution in [3.8, 4) is 0 Å². The molecule has 0 aromatic heterocycles. The molecule has 1 aliphatic carbocycles. The van der Waals surface area contributed by atoms with Crippen molar-refractivity contribution in [2.24, 2.45) is 5.92 Å². The quantitative estimate of drug-likeness (QED) is 0.825. The third-order valence-corrected chi connectivity index (χ3v) is 4.38. The molecule has 0 amide bonds. The molecule has 1 unspecified atom stereocenters. The Labute approximate surface area is 128 Å². The van der Waals surface area contributed by atoms with E-state index in [0.29, 0.717) is 17.9 Å². The lowest BCUT2D eigenvalue weighted by Gasteiger charge is -2.32. The van der Waals surface area contributed by atoms with E-state index >= 15 is 0 Å². The summed E-state index contributed by atoms with van der Waals surface area (Å²) in [5, 5.41) is 4.16. The SMILES string of the molecule is CC(Cc1cccc(Cl)c1)NC1CCC(C(F)(F)F)CC1. The molecule has 0 radical (unpaired) electrons. The van der Waals surface area contributed by atoms with Crippen molar-refractivity contribution in [2.75, 3.05) is 0 Å². The largest absolute Gasteiger partial charge is 0.391 e. The highest BCUT2D eigenvalue weighted by Crippen LogP contribution is 2.37. The lowest BCUT2D eigenvalue weighted by Crippen LogP contribution is -2.41. The van der Waals surface area contributed by atoms with Gasteiger partial charge in [-0.25, -0.2) is 0 Å². The van der Waals surface area contributed by atoms with Crippen LogP contribution >= 0.6 is 11.6 Å². The highest BCUT2D eigenvalue weighted by atomic mass is 35.5. The van der Waals surface area contributed by atoms with Crippen LogP contribution in [-0.4, -0.2) is 18.3 Å². The van der Waals surface area contributed by atoms with Crippen molar-refractivity contribution in [1.82, 2.24) is 5.32 Å². The molecule has 1 atom stereocenters. The molecule has 118 valence electrons. The number of alkyl halides is 3. The molecule has 1 aromatic rings. The first-order valence-electron chi connectivity index (χ1n) is 7.42. The topological polar surface area (TPSA) is 12.0 Å². The summed E-state index contributed by atoms with van der Waals surface area (Å²) in [4.78, 5) is 0. The fourth-order valence-corrected chi connectivity index (χ4v) is 3.28. The van der Waals surface area contributed by atoms with Crippen molar-refractivity contribution in [3.05, 3.63) is 34.9 Å². The Hall–Kier alpha value is -0.740. The number of rotatable bonds is 4. The number of nitrogens with one attached hydrogen (secondary N) is 1. The highest BCUT2D eigenvalue weighted by Gasteiger charge is 2.41. The van der Waals surface area contributed by atoms with E-state index in [1.165, 1.54) is 0 Å². The van der Waals surface area contributed by atoms with Crippen molar-refractivity contribution in [3.63, 3.8) is 0 Å². The maximum atomic E-state index is 12.6. The van der Waals surface area contributed by atoms with Gasteiger partial charge in [0, 0.05) is 17.1 Å². The van der Waals surface area contributed by atoms with Crippen molar-refractivity contribution >= 4 is 11.6 Å². The Kier molecular flexibility index (Phi) is 5.55.